The predicted molar refractivity (Wildman–Crippen MR) is 135 cm³/mol. The van der Waals surface area contributed by atoms with Gasteiger partial charge in [0.1, 0.15) is 17.3 Å². The zero-order chi connectivity index (χ0) is 24.7. The number of benzene rings is 3. The highest BCUT2D eigenvalue weighted by atomic mass is 32.1. The Hall–Kier alpha value is -4.17. The van der Waals surface area contributed by atoms with E-state index in [0.717, 1.165) is 10.3 Å². The normalized spacial score (nSPS) is 17.3. The number of aromatic hydroxyl groups is 1. The van der Waals surface area contributed by atoms with Gasteiger partial charge in [-0.2, -0.15) is 0 Å². The second kappa shape index (κ2) is 8.88. The minimum absolute atomic E-state index is 0.0289. The van der Waals surface area contributed by atoms with E-state index in [4.69, 9.17) is 4.74 Å². The molecule has 1 fully saturated rings. The number of thiazole rings is 1. The number of hydrogen-bond acceptors (Lipinski definition) is 7. The van der Waals surface area contributed by atoms with Gasteiger partial charge in [0, 0.05) is 5.56 Å². The number of aromatic nitrogens is 1. The summed E-state index contributed by atoms with van der Waals surface area (Å²) >= 11 is 1.26. The van der Waals surface area contributed by atoms with Crippen LogP contribution in [0.5, 0.6) is 11.5 Å². The number of rotatable bonds is 5. The van der Waals surface area contributed by atoms with Crippen LogP contribution in [0.1, 0.15) is 29.7 Å². The van der Waals surface area contributed by atoms with Crippen molar-refractivity contribution in [2.75, 3.05) is 11.5 Å². The van der Waals surface area contributed by atoms with Crippen molar-refractivity contribution in [1.82, 2.24) is 4.98 Å². The molecule has 5 rings (SSSR count). The van der Waals surface area contributed by atoms with Gasteiger partial charge in [-0.15, -0.1) is 0 Å². The van der Waals surface area contributed by atoms with Crippen molar-refractivity contribution in [3.05, 3.63) is 89.0 Å². The van der Waals surface area contributed by atoms with Crippen molar-refractivity contribution >= 4 is 44.1 Å². The average molecular weight is 487 g/mol. The Kier molecular flexibility index (Phi) is 5.74. The molecule has 3 aromatic carbocycles. The Bertz CT molecular complexity index is 1470. The molecule has 1 amide bonds. The zero-order valence-corrected chi connectivity index (χ0v) is 19.9. The maximum atomic E-state index is 13.3. The first-order valence-electron chi connectivity index (χ1n) is 11.1. The molecule has 2 heterocycles. The third-order valence-corrected chi connectivity index (χ3v) is 6.86. The number of ether oxygens (including phenoxy) is 1. The van der Waals surface area contributed by atoms with Crippen LogP contribution in [0.3, 0.4) is 0 Å². The molecule has 1 atom stereocenters. The molecule has 1 aromatic heterocycles. The molecule has 0 radical (unpaired) electrons. The van der Waals surface area contributed by atoms with Gasteiger partial charge >= 0.3 is 5.91 Å². The van der Waals surface area contributed by atoms with Crippen LogP contribution >= 0.6 is 11.3 Å². The lowest BCUT2D eigenvalue weighted by Crippen LogP contribution is -2.29. The number of fused-ring (bicyclic) bond motifs is 1. The molecule has 2 N–H and O–H groups in total. The van der Waals surface area contributed by atoms with E-state index in [1.54, 1.807) is 36.4 Å². The van der Waals surface area contributed by atoms with Crippen LogP contribution in [0.2, 0.25) is 0 Å². The van der Waals surface area contributed by atoms with E-state index in [1.807, 2.05) is 32.0 Å². The van der Waals surface area contributed by atoms with Crippen LogP contribution in [0.15, 0.2) is 72.3 Å². The smallest absolute Gasteiger partial charge is 0.301 e. The average Bonchev–Trinajstić information content (AvgIpc) is 3.38. The lowest BCUT2D eigenvalue weighted by molar-refractivity contribution is -0.132. The van der Waals surface area contributed by atoms with Gasteiger partial charge in [0.05, 0.1) is 28.4 Å². The molecule has 1 saturated heterocycles. The molecule has 0 aliphatic carbocycles. The fourth-order valence-electron chi connectivity index (χ4n) is 4.12. The quantitative estimate of drug-likeness (QED) is 0.225. The lowest BCUT2D eigenvalue weighted by Gasteiger charge is -2.23. The molecule has 1 aliphatic rings. The number of aliphatic hydroxyl groups excluding tert-OH is 1. The fourth-order valence-corrected chi connectivity index (χ4v) is 5.14. The summed E-state index contributed by atoms with van der Waals surface area (Å²) in [4.78, 5) is 32.5. The van der Waals surface area contributed by atoms with Gasteiger partial charge in [0.15, 0.2) is 5.13 Å². The van der Waals surface area contributed by atoms with Crippen LogP contribution in [0.25, 0.3) is 16.0 Å². The van der Waals surface area contributed by atoms with Crippen molar-refractivity contribution in [2.45, 2.75) is 19.9 Å². The van der Waals surface area contributed by atoms with Gasteiger partial charge in [-0.05, 0) is 49.7 Å². The molecule has 7 nitrogen and oxygen atoms in total. The lowest BCUT2D eigenvalue weighted by atomic mass is 9.95. The van der Waals surface area contributed by atoms with Crippen molar-refractivity contribution < 1.29 is 24.5 Å². The van der Waals surface area contributed by atoms with Crippen LogP contribution in [-0.4, -0.2) is 33.5 Å². The fraction of sp³-hybridized carbons (Fsp3) is 0.148. The minimum Gasteiger partial charge on any atom is -0.508 e. The second-order valence-corrected chi connectivity index (χ2v) is 9.19. The zero-order valence-electron chi connectivity index (χ0n) is 19.1. The molecule has 0 spiro atoms. The molecule has 1 aliphatic heterocycles. The van der Waals surface area contributed by atoms with Crippen LogP contribution in [0, 0.1) is 6.92 Å². The highest BCUT2D eigenvalue weighted by Crippen LogP contribution is 2.44. The van der Waals surface area contributed by atoms with Gasteiger partial charge in [0.25, 0.3) is 5.78 Å². The maximum absolute atomic E-state index is 13.3. The maximum Gasteiger partial charge on any atom is 0.301 e. The topological polar surface area (TPSA) is 100.0 Å². The van der Waals surface area contributed by atoms with Gasteiger partial charge in [0.2, 0.25) is 0 Å². The number of carbonyl (C=O) groups is 2. The monoisotopic (exact) mass is 486 g/mol. The van der Waals surface area contributed by atoms with Crippen LogP contribution in [0.4, 0.5) is 5.13 Å². The Labute approximate surface area is 205 Å². The van der Waals surface area contributed by atoms with E-state index >= 15 is 0 Å². The number of aliphatic hydroxyl groups is 1. The molecule has 0 saturated carbocycles. The Balaban J connectivity index is 1.69. The molecular formula is C27H22N2O5S. The highest BCUT2D eigenvalue weighted by Gasteiger charge is 2.48. The van der Waals surface area contributed by atoms with Gasteiger partial charge in [-0.3, -0.25) is 14.5 Å². The number of amides is 1. The number of aryl methyl sites for hydroxylation is 1. The van der Waals surface area contributed by atoms with Gasteiger partial charge in [-0.25, -0.2) is 4.98 Å². The number of nitrogens with zero attached hydrogens (tertiary/aromatic N) is 2. The van der Waals surface area contributed by atoms with E-state index in [9.17, 15) is 19.8 Å². The number of phenols is 1. The largest absolute Gasteiger partial charge is 0.508 e. The summed E-state index contributed by atoms with van der Waals surface area (Å²) < 4.78 is 6.38. The standard InChI is InChI=1S/C27H22N2O5S/c1-3-34-19-12-13-20-21(14-19)35-27(28-20)29-23(16-8-10-18(30)11-9-16)22(25(32)26(29)33)24(31)17-6-4-15(2)5-7-17/h4-14,23,30-31H,3H2,1-2H3. The van der Waals surface area contributed by atoms with Crippen molar-refractivity contribution in [2.24, 2.45) is 0 Å². The molecular weight excluding hydrogens is 464 g/mol. The first kappa shape index (κ1) is 22.6. The van der Waals surface area contributed by atoms with Crippen molar-refractivity contribution in [1.29, 1.82) is 0 Å². The van der Waals surface area contributed by atoms with Gasteiger partial charge in [-0.1, -0.05) is 53.3 Å². The third-order valence-electron chi connectivity index (χ3n) is 5.84. The summed E-state index contributed by atoms with van der Waals surface area (Å²) in [5, 5.41) is 21.3. The number of ketones is 1. The van der Waals surface area contributed by atoms with Crippen molar-refractivity contribution in [3.63, 3.8) is 0 Å². The van der Waals surface area contributed by atoms with Crippen LogP contribution < -0.4 is 9.64 Å². The predicted octanol–water partition coefficient (Wildman–Crippen LogP) is 5.34. The Morgan fingerprint density at radius 2 is 1.77 bits per heavy atom. The number of carbonyl (C=O) groups excluding carboxylic acids is 2. The summed E-state index contributed by atoms with van der Waals surface area (Å²) in [5.41, 5.74) is 2.63. The third kappa shape index (κ3) is 4.02. The first-order valence-corrected chi connectivity index (χ1v) is 11.9. The minimum atomic E-state index is -0.913. The van der Waals surface area contributed by atoms with Crippen LogP contribution in [-0.2, 0) is 9.59 Å². The highest BCUT2D eigenvalue weighted by molar-refractivity contribution is 7.22. The number of anilines is 1. The molecule has 8 heteroatoms. The molecule has 4 aromatic rings. The summed E-state index contributed by atoms with van der Waals surface area (Å²) in [6.07, 6.45) is 0. The SMILES string of the molecule is CCOc1ccc2nc(N3C(=O)C(=O)C(=C(O)c4ccc(C)cc4)C3c3ccc(O)cc3)sc2c1. The molecule has 35 heavy (non-hydrogen) atoms. The Morgan fingerprint density at radius 1 is 1.06 bits per heavy atom. The Morgan fingerprint density at radius 3 is 2.46 bits per heavy atom. The number of hydrogen-bond donors (Lipinski definition) is 2. The number of phenolic OH excluding ortho intramolecular Hbond substituents is 1. The van der Waals surface area contributed by atoms with E-state index < -0.39 is 17.7 Å². The van der Waals surface area contributed by atoms with Crippen molar-refractivity contribution in [3.8, 4) is 11.5 Å². The van der Waals surface area contributed by atoms with Gasteiger partial charge < -0.3 is 14.9 Å². The summed E-state index contributed by atoms with van der Waals surface area (Å²) in [7, 11) is 0. The van der Waals surface area contributed by atoms with E-state index in [1.165, 1.54) is 28.4 Å². The molecule has 176 valence electrons. The first-order chi connectivity index (χ1) is 16.9. The summed E-state index contributed by atoms with van der Waals surface area (Å²) in [5.74, 6) is -1.10. The molecule has 1 unspecified atom stereocenters. The van der Waals surface area contributed by atoms with E-state index in [-0.39, 0.29) is 17.1 Å². The molecule has 0 bridgehead atoms. The summed E-state index contributed by atoms with van der Waals surface area (Å²) in [6.45, 7) is 4.34. The second-order valence-electron chi connectivity index (χ2n) is 8.19. The van der Waals surface area contributed by atoms with E-state index in [0.29, 0.717) is 34.1 Å². The number of Topliss-reactive ketones (excluding diaryl/α,β-unsaturated/α-hetero) is 1. The van der Waals surface area contributed by atoms with E-state index in [2.05, 4.69) is 4.98 Å². The summed E-state index contributed by atoms with van der Waals surface area (Å²) in [6, 6.07) is 17.8.